The number of hydrogen-bond donors (Lipinski definition) is 1. The van der Waals surface area contributed by atoms with Gasteiger partial charge in [0, 0.05) is 5.56 Å². The lowest BCUT2D eigenvalue weighted by atomic mass is 10.2. The molecule has 1 aromatic rings. The Balaban J connectivity index is 2.83. The monoisotopic (exact) mass is 167 g/mol. The molecular weight excluding hydrogens is 154 g/mol. The first-order valence-corrected chi connectivity index (χ1v) is 3.80. The molecule has 0 saturated carbocycles. The SMILES string of the molecule is C[N+](C)([O-])Cc1ccccc1O. The number of benzene rings is 1. The quantitative estimate of drug-likeness (QED) is 0.535. The first-order valence-electron chi connectivity index (χ1n) is 3.80. The van der Waals surface area contributed by atoms with Crippen LogP contribution in [-0.2, 0) is 6.54 Å². The fourth-order valence-electron chi connectivity index (χ4n) is 1.05. The van der Waals surface area contributed by atoms with Gasteiger partial charge in [0.15, 0.2) is 0 Å². The van der Waals surface area contributed by atoms with E-state index in [2.05, 4.69) is 0 Å². The molecule has 0 amide bonds. The molecule has 0 fully saturated rings. The average molecular weight is 167 g/mol. The summed E-state index contributed by atoms with van der Waals surface area (Å²) in [5.74, 6) is 0.194. The van der Waals surface area contributed by atoms with Crippen molar-refractivity contribution in [2.75, 3.05) is 14.1 Å². The fourth-order valence-corrected chi connectivity index (χ4v) is 1.05. The molecule has 1 N–H and O–H groups in total. The van der Waals surface area contributed by atoms with E-state index in [0.717, 1.165) is 0 Å². The van der Waals surface area contributed by atoms with Gasteiger partial charge in [-0.05, 0) is 12.1 Å². The molecule has 0 unspecified atom stereocenters. The lowest BCUT2D eigenvalue weighted by Gasteiger charge is -2.33. The molecule has 1 rings (SSSR count). The molecule has 3 heteroatoms. The molecule has 0 aliphatic rings. The molecule has 66 valence electrons. The Morgan fingerprint density at radius 3 is 2.42 bits per heavy atom. The van der Waals surface area contributed by atoms with E-state index in [0.29, 0.717) is 12.1 Å². The number of nitrogens with zero attached hydrogens (tertiary/aromatic N) is 1. The van der Waals surface area contributed by atoms with Crippen LogP contribution in [0.3, 0.4) is 0 Å². The maximum Gasteiger partial charge on any atom is 0.124 e. The molecule has 0 saturated heterocycles. The average Bonchev–Trinajstić information content (AvgIpc) is 1.91. The molecule has 0 aliphatic carbocycles. The van der Waals surface area contributed by atoms with Gasteiger partial charge in [-0.2, -0.15) is 0 Å². The third-order valence-electron chi connectivity index (χ3n) is 1.54. The van der Waals surface area contributed by atoms with Crippen LogP contribution >= 0.6 is 0 Å². The number of rotatable bonds is 2. The lowest BCUT2D eigenvalue weighted by Crippen LogP contribution is -2.31. The van der Waals surface area contributed by atoms with Gasteiger partial charge in [0.2, 0.25) is 0 Å². The second kappa shape index (κ2) is 3.13. The maximum absolute atomic E-state index is 11.3. The van der Waals surface area contributed by atoms with E-state index in [1.807, 2.05) is 6.07 Å². The standard InChI is InChI=1S/C9H13NO2/c1-10(2,12)7-8-5-3-4-6-9(8)11/h3-6,11H,7H2,1-2H3. The van der Waals surface area contributed by atoms with E-state index in [1.165, 1.54) is 0 Å². The summed E-state index contributed by atoms with van der Waals surface area (Å²) in [6.07, 6.45) is 0. The summed E-state index contributed by atoms with van der Waals surface area (Å²) in [7, 11) is 3.10. The molecule has 1 aromatic carbocycles. The number of phenols is 1. The van der Waals surface area contributed by atoms with Crippen molar-refractivity contribution in [3.8, 4) is 5.75 Å². The van der Waals surface area contributed by atoms with Crippen molar-refractivity contribution >= 4 is 0 Å². The number of para-hydroxylation sites is 1. The Labute approximate surface area is 72.0 Å². The van der Waals surface area contributed by atoms with Crippen LogP contribution in [0.4, 0.5) is 0 Å². The number of phenolic OH excluding ortho intramolecular Hbond substituents is 1. The van der Waals surface area contributed by atoms with Crippen molar-refractivity contribution in [2.45, 2.75) is 6.54 Å². The molecule has 3 nitrogen and oxygen atoms in total. The number of hydroxylamine groups is 3. The first-order chi connectivity index (χ1) is 5.49. The molecule has 0 radical (unpaired) electrons. The Hall–Kier alpha value is -1.06. The molecule has 0 spiro atoms. The van der Waals surface area contributed by atoms with E-state index in [1.54, 1.807) is 32.3 Å². The Morgan fingerprint density at radius 2 is 1.92 bits per heavy atom. The summed E-state index contributed by atoms with van der Waals surface area (Å²) < 4.78 is -0.419. The summed E-state index contributed by atoms with van der Waals surface area (Å²) in [5, 5.41) is 20.6. The summed E-state index contributed by atoms with van der Waals surface area (Å²) in [6.45, 7) is 0.298. The largest absolute Gasteiger partial charge is 0.633 e. The van der Waals surface area contributed by atoms with E-state index < -0.39 is 4.65 Å². The summed E-state index contributed by atoms with van der Waals surface area (Å²) in [5.41, 5.74) is 0.692. The lowest BCUT2D eigenvalue weighted by molar-refractivity contribution is -0.853. The number of hydrogen-bond acceptors (Lipinski definition) is 2. The van der Waals surface area contributed by atoms with Crippen LogP contribution in [0.1, 0.15) is 5.56 Å². The van der Waals surface area contributed by atoms with Crippen LogP contribution in [0.25, 0.3) is 0 Å². The molecule has 0 aromatic heterocycles. The van der Waals surface area contributed by atoms with Crippen molar-refractivity contribution < 1.29 is 9.75 Å². The highest BCUT2D eigenvalue weighted by atomic mass is 16.5. The fraction of sp³-hybridized carbons (Fsp3) is 0.333. The van der Waals surface area contributed by atoms with Crippen LogP contribution < -0.4 is 0 Å². The molecule has 0 heterocycles. The topological polar surface area (TPSA) is 43.3 Å². The minimum Gasteiger partial charge on any atom is -0.633 e. The van der Waals surface area contributed by atoms with Crippen molar-refractivity contribution in [1.29, 1.82) is 0 Å². The summed E-state index contributed by atoms with van der Waals surface area (Å²) in [4.78, 5) is 0. The smallest absolute Gasteiger partial charge is 0.124 e. The highest BCUT2D eigenvalue weighted by Gasteiger charge is 2.07. The van der Waals surface area contributed by atoms with Crippen LogP contribution in [-0.4, -0.2) is 23.8 Å². The molecule has 0 bridgehead atoms. The zero-order valence-electron chi connectivity index (χ0n) is 7.32. The third-order valence-corrected chi connectivity index (χ3v) is 1.54. The second-order valence-corrected chi connectivity index (χ2v) is 3.36. The van der Waals surface area contributed by atoms with E-state index >= 15 is 0 Å². The van der Waals surface area contributed by atoms with Gasteiger partial charge < -0.3 is 15.0 Å². The molecular formula is C9H13NO2. The summed E-state index contributed by atoms with van der Waals surface area (Å²) in [6, 6.07) is 6.90. The predicted molar refractivity (Wildman–Crippen MR) is 47.3 cm³/mol. The maximum atomic E-state index is 11.3. The minimum absolute atomic E-state index is 0.194. The number of quaternary nitrogens is 1. The molecule has 12 heavy (non-hydrogen) atoms. The van der Waals surface area contributed by atoms with E-state index in [4.69, 9.17) is 0 Å². The predicted octanol–water partition coefficient (Wildman–Crippen LogP) is 1.47. The highest BCUT2D eigenvalue weighted by molar-refractivity contribution is 5.30. The van der Waals surface area contributed by atoms with Gasteiger partial charge in [-0.25, -0.2) is 0 Å². The Kier molecular flexibility index (Phi) is 2.35. The zero-order chi connectivity index (χ0) is 9.19. The molecule has 0 aliphatic heterocycles. The number of aromatic hydroxyl groups is 1. The van der Waals surface area contributed by atoms with E-state index in [9.17, 15) is 10.3 Å². The van der Waals surface area contributed by atoms with Gasteiger partial charge in [-0.15, -0.1) is 0 Å². The second-order valence-electron chi connectivity index (χ2n) is 3.36. The van der Waals surface area contributed by atoms with Gasteiger partial charge in [-0.3, -0.25) is 0 Å². The van der Waals surface area contributed by atoms with Gasteiger partial charge in [0.25, 0.3) is 0 Å². The first kappa shape index (κ1) is 9.03. The van der Waals surface area contributed by atoms with Crippen molar-refractivity contribution in [2.24, 2.45) is 0 Å². The van der Waals surface area contributed by atoms with Crippen LogP contribution in [0.15, 0.2) is 24.3 Å². The van der Waals surface area contributed by atoms with Gasteiger partial charge in [0.05, 0.1) is 14.1 Å². The van der Waals surface area contributed by atoms with Crippen molar-refractivity contribution in [3.63, 3.8) is 0 Å². The van der Waals surface area contributed by atoms with Crippen LogP contribution in [0.5, 0.6) is 5.75 Å². The van der Waals surface area contributed by atoms with Crippen LogP contribution in [0, 0.1) is 5.21 Å². The summed E-state index contributed by atoms with van der Waals surface area (Å²) >= 11 is 0. The molecule has 0 atom stereocenters. The van der Waals surface area contributed by atoms with E-state index in [-0.39, 0.29) is 5.75 Å². The Bertz CT molecular complexity index is 265. The normalized spacial score (nSPS) is 11.6. The minimum atomic E-state index is -0.419. The third kappa shape index (κ3) is 2.53. The van der Waals surface area contributed by atoms with Crippen molar-refractivity contribution in [3.05, 3.63) is 35.0 Å². The van der Waals surface area contributed by atoms with Gasteiger partial charge in [0.1, 0.15) is 12.3 Å². The van der Waals surface area contributed by atoms with Crippen LogP contribution in [0.2, 0.25) is 0 Å². The highest BCUT2D eigenvalue weighted by Crippen LogP contribution is 2.18. The van der Waals surface area contributed by atoms with Crippen molar-refractivity contribution in [1.82, 2.24) is 0 Å². The zero-order valence-corrected chi connectivity index (χ0v) is 7.32. The Morgan fingerprint density at radius 1 is 1.33 bits per heavy atom. The van der Waals surface area contributed by atoms with Gasteiger partial charge in [-0.1, -0.05) is 12.1 Å². The van der Waals surface area contributed by atoms with Gasteiger partial charge >= 0.3 is 0 Å².